The van der Waals surface area contributed by atoms with Gasteiger partial charge in [-0.15, -0.1) is 0 Å². The van der Waals surface area contributed by atoms with Gasteiger partial charge in [-0.05, 0) is 71.5 Å². The van der Waals surface area contributed by atoms with Crippen LogP contribution in [0, 0.1) is 0 Å². The Labute approximate surface area is 309 Å². The van der Waals surface area contributed by atoms with Crippen LogP contribution in [0.3, 0.4) is 0 Å². The number of ether oxygens (including phenoxy) is 1. The summed E-state index contributed by atoms with van der Waals surface area (Å²) in [7, 11) is 4.39. The molecule has 53 heavy (non-hydrogen) atoms. The van der Waals surface area contributed by atoms with Gasteiger partial charge in [0.25, 0.3) is 0 Å². The molecule has 11 heteroatoms. The van der Waals surface area contributed by atoms with Gasteiger partial charge < -0.3 is 35.1 Å². The van der Waals surface area contributed by atoms with E-state index in [1.54, 1.807) is 12.1 Å². The number of nitrogens with zero attached hydrogens (tertiary/aromatic N) is 1. The number of piperidine rings is 1. The number of phenolic OH excluding ortho intramolecular Hbond substituents is 1. The SMILES string of the molecule is C[N+]1(C)CCC(OC(=O)Nc2ccc(CCCC(=O)Nc3ccc(CNC[C@H](O)c4ccc(O)c5[nH]c(=O)ccc45)cc3)cc2-c2ccccc2)CC1. The lowest BCUT2D eigenvalue weighted by atomic mass is 9.98. The Balaban J connectivity index is 0.969. The number of rotatable bonds is 13. The van der Waals surface area contributed by atoms with Gasteiger partial charge in [0, 0.05) is 55.1 Å². The van der Waals surface area contributed by atoms with Crippen molar-refractivity contribution in [3.8, 4) is 16.9 Å². The van der Waals surface area contributed by atoms with Gasteiger partial charge in [0.2, 0.25) is 11.5 Å². The first kappa shape index (κ1) is 37.3. The van der Waals surface area contributed by atoms with Crippen molar-refractivity contribution in [3.63, 3.8) is 0 Å². The second-order valence-electron chi connectivity index (χ2n) is 14.4. The normalized spacial score (nSPS) is 14.8. The summed E-state index contributed by atoms with van der Waals surface area (Å²) >= 11 is 0. The van der Waals surface area contributed by atoms with Gasteiger partial charge in [-0.25, -0.2) is 4.79 Å². The number of aromatic hydroxyl groups is 1. The lowest BCUT2D eigenvalue weighted by Gasteiger charge is -2.36. The molecule has 0 spiro atoms. The van der Waals surface area contributed by atoms with Gasteiger partial charge >= 0.3 is 6.09 Å². The predicted molar refractivity (Wildman–Crippen MR) is 208 cm³/mol. The Bertz CT molecular complexity index is 2090. The van der Waals surface area contributed by atoms with E-state index >= 15 is 0 Å². The highest BCUT2D eigenvalue weighted by atomic mass is 16.6. The Kier molecular flexibility index (Phi) is 11.9. The summed E-state index contributed by atoms with van der Waals surface area (Å²) in [5.41, 5.74) is 5.89. The smallest absolute Gasteiger partial charge is 0.411 e. The summed E-state index contributed by atoms with van der Waals surface area (Å²) in [5, 5.41) is 30.7. The first-order valence-electron chi connectivity index (χ1n) is 18.1. The number of H-pyrrole nitrogens is 1. The number of fused-ring (bicyclic) bond motifs is 1. The maximum Gasteiger partial charge on any atom is 0.411 e. The third kappa shape index (κ3) is 10.1. The zero-order valence-corrected chi connectivity index (χ0v) is 30.2. The van der Waals surface area contributed by atoms with Crippen LogP contribution in [-0.4, -0.2) is 71.5 Å². The Morgan fingerprint density at radius 1 is 0.906 bits per heavy atom. The van der Waals surface area contributed by atoms with Crippen molar-refractivity contribution in [2.45, 2.75) is 50.9 Å². The van der Waals surface area contributed by atoms with Crippen LogP contribution in [0.2, 0.25) is 0 Å². The number of aromatic nitrogens is 1. The number of aliphatic hydroxyl groups excluding tert-OH is 1. The fourth-order valence-electron chi connectivity index (χ4n) is 6.76. The van der Waals surface area contributed by atoms with Crippen molar-refractivity contribution in [1.82, 2.24) is 10.3 Å². The maximum atomic E-state index is 12.9. The molecule has 0 radical (unpaired) electrons. The minimum atomic E-state index is -0.857. The van der Waals surface area contributed by atoms with Gasteiger partial charge in [-0.2, -0.15) is 0 Å². The molecule has 4 aromatic carbocycles. The summed E-state index contributed by atoms with van der Waals surface area (Å²) in [6.45, 7) is 2.71. The van der Waals surface area contributed by atoms with Crippen LogP contribution in [0.15, 0.2) is 102 Å². The zero-order valence-electron chi connectivity index (χ0n) is 30.2. The van der Waals surface area contributed by atoms with Crippen LogP contribution < -0.4 is 21.5 Å². The van der Waals surface area contributed by atoms with Crippen molar-refractivity contribution in [2.24, 2.45) is 0 Å². The molecule has 1 aromatic heterocycles. The van der Waals surface area contributed by atoms with E-state index in [9.17, 15) is 24.6 Å². The predicted octanol–water partition coefficient (Wildman–Crippen LogP) is 6.47. The average Bonchev–Trinajstić information content (AvgIpc) is 3.14. The third-order valence-corrected chi connectivity index (χ3v) is 9.83. The number of aromatic amines is 1. The summed E-state index contributed by atoms with van der Waals surface area (Å²) in [6, 6.07) is 29.5. The lowest BCUT2D eigenvalue weighted by molar-refractivity contribution is -0.896. The molecule has 2 heterocycles. The molecule has 0 saturated carbocycles. The van der Waals surface area contributed by atoms with Gasteiger partial charge in [0.05, 0.1) is 44.5 Å². The minimum Gasteiger partial charge on any atom is -0.506 e. The molecule has 0 aliphatic carbocycles. The number of nitrogens with one attached hydrogen (secondary N) is 4. The molecule has 6 N–H and O–H groups in total. The largest absolute Gasteiger partial charge is 0.506 e. The van der Waals surface area contributed by atoms with E-state index in [0.717, 1.165) is 52.7 Å². The number of likely N-dealkylation sites (tertiary alicyclic amines) is 1. The standard InChI is InChI=1S/C42H47N5O6/c1-47(2)23-21-32(22-24-47)53-42(52)45-36-18-13-28(25-35(36)30-8-4-3-5-9-30)7-6-10-39(50)44-31-14-11-29(12-15-31)26-43-27-38(49)33-16-19-37(48)41-34(33)17-20-40(51)46-41/h3-5,8-9,11-20,25,32,38,43,49H,6-7,10,21-24,26-27H2,1-2H3,(H3-,44,45,46,48,50,51,52)/p+1/t38-/m0/s1. The van der Waals surface area contributed by atoms with Crippen LogP contribution in [0.4, 0.5) is 16.2 Å². The van der Waals surface area contributed by atoms with E-state index in [4.69, 9.17) is 4.74 Å². The molecule has 11 nitrogen and oxygen atoms in total. The minimum absolute atomic E-state index is 0.0519. The molecule has 276 valence electrons. The van der Waals surface area contributed by atoms with Crippen LogP contribution in [0.25, 0.3) is 22.0 Å². The molecule has 1 aliphatic heterocycles. The molecule has 1 aliphatic rings. The highest BCUT2D eigenvalue weighted by Crippen LogP contribution is 2.31. The molecule has 1 saturated heterocycles. The Morgan fingerprint density at radius 3 is 2.40 bits per heavy atom. The second-order valence-corrected chi connectivity index (χ2v) is 14.4. The van der Waals surface area contributed by atoms with E-state index in [2.05, 4.69) is 41.1 Å². The maximum absolute atomic E-state index is 12.9. The van der Waals surface area contributed by atoms with E-state index in [1.165, 1.54) is 12.1 Å². The number of carbonyl (C=O) groups excluding carboxylic acids is 2. The number of hydrogen-bond acceptors (Lipinski definition) is 7. The topological polar surface area (TPSA) is 153 Å². The molecule has 6 rings (SSSR count). The van der Waals surface area contributed by atoms with Crippen LogP contribution in [-0.2, 0) is 22.5 Å². The molecule has 2 amide bonds. The number of benzene rings is 4. The number of quaternary nitrogens is 1. The third-order valence-electron chi connectivity index (χ3n) is 9.83. The molecular formula is C42H48N5O6+. The number of amides is 2. The van der Waals surface area contributed by atoms with Crippen molar-refractivity contribution in [1.29, 1.82) is 0 Å². The molecule has 0 unspecified atom stereocenters. The van der Waals surface area contributed by atoms with Crippen molar-refractivity contribution in [2.75, 3.05) is 44.4 Å². The van der Waals surface area contributed by atoms with E-state index < -0.39 is 12.2 Å². The molecular weight excluding hydrogens is 670 g/mol. The quantitative estimate of drug-likeness (QED) is 0.0764. The van der Waals surface area contributed by atoms with Gasteiger partial charge in [0.1, 0.15) is 11.9 Å². The molecule has 1 fully saturated rings. The summed E-state index contributed by atoms with van der Waals surface area (Å²) in [4.78, 5) is 40.0. The van der Waals surface area contributed by atoms with Gasteiger partial charge in [-0.1, -0.05) is 54.6 Å². The van der Waals surface area contributed by atoms with Gasteiger partial charge in [-0.3, -0.25) is 14.9 Å². The first-order chi connectivity index (χ1) is 25.5. The fraction of sp³-hybridized carbons (Fsp3) is 0.310. The van der Waals surface area contributed by atoms with Crippen LogP contribution >= 0.6 is 0 Å². The number of carbonyl (C=O) groups is 2. The monoisotopic (exact) mass is 718 g/mol. The second kappa shape index (κ2) is 16.9. The number of anilines is 2. The molecule has 0 bridgehead atoms. The fourth-order valence-corrected chi connectivity index (χ4v) is 6.76. The molecule has 5 aromatic rings. The van der Waals surface area contributed by atoms with Crippen LogP contribution in [0.5, 0.6) is 5.75 Å². The van der Waals surface area contributed by atoms with E-state index in [-0.39, 0.29) is 29.9 Å². The highest BCUT2D eigenvalue weighted by molar-refractivity contribution is 5.92. The zero-order chi connectivity index (χ0) is 37.4. The summed E-state index contributed by atoms with van der Waals surface area (Å²) in [6.07, 6.45) is 2.03. The average molecular weight is 719 g/mol. The molecule has 1 atom stereocenters. The number of hydrogen-bond donors (Lipinski definition) is 6. The number of pyridine rings is 1. The van der Waals surface area contributed by atoms with Crippen LogP contribution in [0.1, 0.15) is 48.5 Å². The van der Waals surface area contributed by atoms with Crippen molar-refractivity contribution < 1.29 is 29.0 Å². The number of aryl methyl sites for hydroxylation is 1. The van der Waals surface area contributed by atoms with Crippen molar-refractivity contribution in [3.05, 3.63) is 124 Å². The Hall–Kier alpha value is -5.49. The number of phenols is 1. The first-order valence-corrected chi connectivity index (χ1v) is 18.1. The lowest BCUT2D eigenvalue weighted by Crippen LogP contribution is -2.48. The van der Waals surface area contributed by atoms with Crippen molar-refractivity contribution >= 4 is 34.3 Å². The summed E-state index contributed by atoms with van der Waals surface area (Å²) < 4.78 is 6.73. The Morgan fingerprint density at radius 2 is 1.64 bits per heavy atom. The van der Waals surface area contributed by atoms with Gasteiger partial charge in [0.15, 0.2) is 0 Å². The summed E-state index contributed by atoms with van der Waals surface area (Å²) in [5.74, 6) is -0.125. The van der Waals surface area contributed by atoms with E-state index in [1.807, 2.05) is 66.7 Å². The number of aliphatic hydroxyl groups is 1. The van der Waals surface area contributed by atoms with E-state index in [0.29, 0.717) is 53.6 Å². The highest BCUT2D eigenvalue weighted by Gasteiger charge is 2.28.